The van der Waals surface area contributed by atoms with Crippen LogP contribution >= 0.6 is 20.4 Å². The van der Waals surface area contributed by atoms with Crippen LogP contribution in [0.4, 0.5) is 17.2 Å². The summed E-state index contributed by atoms with van der Waals surface area (Å²) in [5.41, 5.74) is 6.39. The first kappa shape index (κ1) is 29.2. The standard InChI is InChI=1S/C36H40N5PS/c1-27(25-29-15-7-4-8-16-29)40-34-32-21-13-14-22-33(32)39(3)35(34)41(28(2)26-30-17-9-5-10-18-30)42(40)24-23-37-36(43)38-31-19-11-6-12-20-31/h4-22,27-28H,23-26H2,1-3H3,(H2,37,38,43)/t27-,28-,42?/m0/s1. The van der Waals surface area contributed by atoms with Gasteiger partial charge >= 0.3 is 0 Å². The lowest BCUT2D eigenvalue weighted by Gasteiger charge is -2.39. The molecule has 1 aromatic heterocycles. The van der Waals surface area contributed by atoms with Crippen LogP contribution in [0.25, 0.3) is 10.9 Å². The summed E-state index contributed by atoms with van der Waals surface area (Å²) in [7, 11) is 1.52. The lowest BCUT2D eigenvalue weighted by molar-refractivity contribution is 0.716. The van der Waals surface area contributed by atoms with Crippen molar-refractivity contribution in [1.29, 1.82) is 0 Å². The van der Waals surface area contributed by atoms with Gasteiger partial charge in [0, 0.05) is 42.9 Å². The van der Waals surface area contributed by atoms with E-state index in [9.17, 15) is 0 Å². The van der Waals surface area contributed by atoms with E-state index >= 15 is 0 Å². The molecule has 1 aliphatic rings. The lowest BCUT2D eigenvalue weighted by atomic mass is 10.1. The molecule has 2 N–H and O–H groups in total. The highest BCUT2D eigenvalue weighted by molar-refractivity contribution is 7.80. The molecule has 1 unspecified atom stereocenters. The highest BCUT2D eigenvalue weighted by Gasteiger charge is 2.44. The molecule has 0 saturated heterocycles. The van der Waals surface area contributed by atoms with Crippen LogP contribution in [0, 0.1) is 0 Å². The van der Waals surface area contributed by atoms with Gasteiger partial charge in [0.2, 0.25) is 0 Å². The molecule has 4 aromatic carbocycles. The maximum atomic E-state index is 5.70. The van der Waals surface area contributed by atoms with Crippen molar-refractivity contribution in [3.05, 3.63) is 126 Å². The third kappa shape index (κ3) is 6.27. The Morgan fingerprint density at radius 1 is 0.721 bits per heavy atom. The second-order valence-corrected chi connectivity index (χ2v) is 13.8. The highest BCUT2D eigenvalue weighted by Crippen LogP contribution is 2.64. The van der Waals surface area contributed by atoms with Crippen molar-refractivity contribution < 1.29 is 0 Å². The third-order valence-corrected chi connectivity index (χ3v) is 11.2. The van der Waals surface area contributed by atoms with Crippen LogP contribution in [-0.2, 0) is 19.9 Å². The topological polar surface area (TPSA) is 35.5 Å². The number of aromatic nitrogens is 1. The molecular formula is C36H40N5PS. The van der Waals surface area contributed by atoms with E-state index < -0.39 is 8.22 Å². The molecule has 0 amide bonds. The van der Waals surface area contributed by atoms with Crippen LogP contribution in [0.3, 0.4) is 0 Å². The summed E-state index contributed by atoms with van der Waals surface area (Å²) in [5, 5.41) is 8.86. The van der Waals surface area contributed by atoms with E-state index in [1.54, 1.807) is 0 Å². The van der Waals surface area contributed by atoms with Crippen LogP contribution in [0.5, 0.6) is 0 Å². The fraction of sp³-hybridized carbons (Fsp3) is 0.250. The first-order chi connectivity index (χ1) is 21.0. The minimum Gasteiger partial charge on any atom is -0.362 e. The van der Waals surface area contributed by atoms with E-state index in [0.717, 1.165) is 31.2 Å². The zero-order valence-corrected chi connectivity index (χ0v) is 26.9. The second kappa shape index (κ2) is 13.2. The molecule has 1 aliphatic heterocycles. The fourth-order valence-corrected chi connectivity index (χ4v) is 9.44. The molecule has 43 heavy (non-hydrogen) atoms. The van der Waals surface area contributed by atoms with Gasteiger partial charge in [0.15, 0.2) is 5.11 Å². The van der Waals surface area contributed by atoms with Gasteiger partial charge in [0.25, 0.3) is 0 Å². The molecule has 0 bridgehead atoms. The number of nitrogens with one attached hydrogen (secondary N) is 2. The Morgan fingerprint density at radius 3 is 1.88 bits per heavy atom. The zero-order valence-electron chi connectivity index (χ0n) is 25.1. The summed E-state index contributed by atoms with van der Waals surface area (Å²) in [4.78, 5) is 0. The van der Waals surface area contributed by atoms with Crippen LogP contribution in [-0.4, -0.2) is 34.5 Å². The van der Waals surface area contributed by atoms with Crippen LogP contribution < -0.4 is 20.0 Å². The number of rotatable bonds is 10. The number of benzene rings is 4. The fourth-order valence-electron chi connectivity index (χ4n) is 6.33. The molecule has 220 valence electrons. The number of nitrogens with zero attached hydrogens (tertiary/aromatic N) is 3. The van der Waals surface area contributed by atoms with Crippen LogP contribution in [0.15, 0.2) is 115 Å². The number of hydrogen-bond donors (Lipinski definition) is 2. The van der Waals surface area contributed by atoms with Crippen molar-refractivity contribution in [2.24, 2.45) is 7.05 Å². The summed E-state index contributed by atoms with van der Waals surface area (Å²) in [6.45, 7) is 5.58. The lowest BCUT2D eigenvalue weighted by Crippen LogP contribution is -2.39. The average Bonchev–Trinajstić information content (AvgIpc) is 3.51. The highest BCUT2D eigenvalue weighted by atomic mass is 32.1. The van der Waals surface area contributed by atoms with E-state index in [2.05, 4.69) is 130 Å². The molecule has 7 heteroatoms. The maximum absolute atomic E-state index is 5.70. The van der Waals surface area contributed by atoms with Crippen molar-refractivity contribution in [1.82, 2.24) is 9.88 Å². The maximum Gasteiger partial charge on any atom is 0.170 e. The number of hydrogen-bond acceptors (Lipinski definition) is 3. The molecule has 0 aliphatic carbocycles. The van der Waals surface area contributed by atoms with E-state index in [1.807, 2.05) is 30.3 Å². The van der Waals surface area contributed by atoms with Crippen LogP contribution in [0.2, 0.25) is 0 Å². The van der Waals surface area contributed by atoms with E-state index in [0.29, 0.717) is 17.2 Å². The minimum absolute atomic E-state index is 0.318. The molecule has 5 aromatic rings. The predicted molar refractivity (Wildman–Crippen MR) is 190 cm³/mol. The summed E-state index contributed by atoms with van der Waals surface area (Å²) < 4.78 is 7.93. The smallest absolute Gasteiger partial charge is 0.170 e. The van der Waals surface area contributed by atoms with Gasteiger partial charge in [-0.1, -0.05) is 97.1 Å². The molecule has 0 spiro atoms. The van der Waals surface area contributed by atoms with Gasteiger partial charge in [0.05, 0.1) is 19.4 Å². The first-order valence-electron chi connectivity index (χ1n) is 15.1. The average molecular weight is 606 g/mol. The van der Waals surface area contributed by atoms with Gasteiger partial charge in [-0.25, -0.2) is 0 Å². The van der Waals surface area contributed by atoms with Crippen molar-refractivity contribution >= 4 is 53.6 Å². The van der Waals surface area contributed by atoms with Crippen molar-refractivity contribution in [2.75, 3.05) is 27.4 Å². The molecule has 6 rings (SSSR count). The molecule has 2 heterocycles. The van der Waals surface area contributed by atoms with Gasteiger partial charge in [0.1, 0.15) is 5.82 Å². The van der Waals surface area contributed by atoms with Crippen molar-refractivity contribution in [3.63, 3.8) is 0 Å². The summed E-state index contributed by atoms with van der Waals surface area (Å²) in [6.07, 6.45) is 2.96. The van der Waals surface area contributed by atoms with Gasteiger partial charge < -0.3 is 24.5 Å². The Labute approximate surface area is 262 Å². The minimum atomic E-state index is -0.716. The Kier molecular flexibility index (Phi) is 8.97. The first-order valence-corrected chi connectivity index (χ1v) is 17.0. The Morgan fingerprint density at radius 2 is 1.26 bits per heavy atom. The monoisotopic (exact) mass is 605 g/mol. The second-order valence-electron chi connectivity index (χ2n) is 11.4. The van der Waals surface area contributed by atoms with Crippen molar-refractivity contribution in [2.45, 2.75) is 38.8 Å². The number of thiocarbonyl (C=S) groups is 1. The Balaban J connectivity index is 1.35. The molecule has 3 atom stereocenters. The third-order valence-electron chi connectivity index (χ3n) is 8.21. The number of anilines is 3. The molecular weight excluding hydrogens is 565 g/mol. The number of fused-ring (bicyclic) bond motifs is 3. The van der Waals surface area contributed by atoms with Crippen molar-refractivity contribution in [3.8, 4) is 0 Å². The van der Waals surface area contributed by atoms with Gasteiger partial charge in [-0.05, 0) is 68.2 Å². The van der Waals surface area contributed by atoms with Gasteiger partial charge in [-0.2, -0.15) is 0 Å². The predicted octanol–water partition coefficient (Wildman–Crippen LogP) is 8.37. The Bertz CT molecular complexity index is 1660. The summed E-state index contributed by atoms with van der Waals surface area (Å²) in [5.74, 6) is 1.33. The van der Waals surface area contributed by atoms with Crippen LogP contribution in [0.1, 0.15) is 25.0 Å². The van der Waals surface area contributed by atoms with E-state index in [4.69, 9.17) is 12.2 Å². The van der Waals surface area contributed by atoms with Gasteiger partial charge in [-0.15, -0.1) is 0 Å². The quantitative estimate of drug-likeness (QED) is 0.124. The summed E-state index contributed by atoms with van der Waals surface area (Å²) >= 11 is 5.70. The Hall–Kier alpha value is -3.86. The summed E-state index contributed by atoms with van der Waals surface area (Å²) in [6, 6.07) is 41.5. The largest absolute Gasteiger partial charge is 0.362 e. The normalized spacial score (nSPS) is 15.7. The molecule has 0 saturated carbocycles. The van der Waals surface area contributed by atoms with E-state index in [-0.39, 0.29) is 0 Å². The number of aryl methyl sites for hydroxylation is 1. The molecule has 0 fully saturated rings. The zero-order chi connectivity index (χ0) is 29.8. The SMILES string of the molecule is C[C@@H](Cc1ccccc1)N1c2c(n(C)c3ccccc23)N([C@@H](C)Cc2ccccc2)P1CCNC(=S)Nc1ccccc1. The number of para-hydroxylation sites is 2. The molecule has 0 radical (unpaired) electrons. The van der Waals surface area contributed by atoms with Gasteiger partial charge in [-0.3, -0.25) is 0 Å². The molecule has 5 nitrogen and oxygen atoms in total. The van der Waals surface area contributed by atoms with E-state index in [1.165, 1.54) is 33.5 Å².